The van der Waals surface area contributed by atoms with Crippen LogP contribution in [-0.4, -0.2) is 10.9 Å². The maximum Gasteiger partial charge on any atom is 0.278 e. The molecular weight excluding hydrogens is 321 g/mol. The largest absolute Gasteiger partial charge is 0.339 e. The Balaban J connectivity index is 1.66. The molecule has 0 fully saturated rings. The molecule has 5 nitrogen and oxygen atoms in total. The number of rotatable bonds is 6. The second-order valence-electron chi connectivity index (χ2n) is 5.24. The Morgan fingerprint density at radius 3 is 2.68 bits per heavy atom. The minimum Gasteiger partial charge on any atom is -0.339 e. The van der Waals surface area contributed by atoms with Crippen LogP contribution in [0.25, 0.3) is 0 Å². The predicted molar refractivity (Wildman–Crippen MR) is 92.6 cm³/mol. The number of anilines is 2. The van der Waals surface area contributed by atoms with Crippen LogP contribution in [0.2, 0.25) is 0 Å². The minimum atomic E-state index is -0.442. The molecule has 3 aromatic rings. The van der Waals surface area contributed by atoms with Gasteiger partial charge >= 0.3 is 0 Å². The molecule has 126 valence electrons. The molecular formula is C19H16FN3O2. The Bertz CT molecular complexity index is 856. The van der Waals surface area contributed by atoms with Crippen molar-refractivity contribution in [2.45, 2.75) is 6.61 Å². The van der Waals surface area contributed by atoms with E-state index in [1.165, 1.54) is 12.1 Å². The average Bonchev–Trinajstić information content (AvgIpc) is 2.63. The molecule has 0 radical (unpaired) electrons. The zero-order chi connectivity index (χ0) is 17.5. The van der Waals surface area contributed by atoms with Crippen molar-refractivity contribution in [3.05, 3.63) is 89.9 Å². The number of carbonyl (C=O) groups is 1. The Morgan fingerprint density at radius 2 is 1.88 bits per heavy atom. The highest BCUT2D eigenvalue weighted by Crippen LogP contribution is 2.19. The first-order chi connectivity index (χ1) is 12.2. The van der Waals surface area contributed by atoms with Gasteiger partial charge in [0, 0.05) is 11.9 Å². The quantitative estimate of drug-likeness (QED) is 0.671. The normalized spacial score (nSPS) is 10.3. The fourth-order valence-corrected chi connectivity index (χ4v) is 2.21. The third-order valence-electron chi connectivity index (χ3n) is 3.39. The second kappa shape index (κ2) is 8.03. The first-order valence-corrected chi connectivity index (χ1v) is 7.66. The average molecular weight is 337 g/mol. The summed E-state index contributed by atoms with van der Waals surface area (Å²) in [6, 6.07) is 18.7. The Labute approximate surface area is 144 Å². The number of halogens is 1. The molecule has 3 rings (SSSR count). The van der Waals surface area contributed by atoms with Crippen LogP contribution in [0.1, 0.15) is 15.9 Å². The maximum atomic E-state index is 13.3. The molecule has 0 saturated carbocycles. The van der Waals surface area contributed by atoms with Crippen LogP contribution in [-0.2, 0) is 11.4 Å². The fraction of sp³-hybridized carbons (Fsp3) is 0.0526. The highest BCUT2D eigenvalue weighted by molar-refractivity contribution is 5.98. The van der Waals surface area contributed by atoms with E-state index in [0.29, 0.717) is 17.1 Å². The number of nitrogens with zero attached hydrogens (tertiary/aromatic N) is 1. The Kier molecular flexibility index (Phi) is 5.33. The van der Waals surface area contributed by atoms with Crippen LogP contribution in [0.4, 0.5) is 15.9 Å². The van der Waals surface area contributed by atoms with Crippen molar-refractivity contribution in [1.82, 2.24) is 10.5 Å². The number of amides is 1. The van der Waals surface area contributed by atoms with E-state index < -0.39 is 5.91 Å². The van der Waals surface area contributed by atoms with Gasteiger partial charge in [-0.05, 0) is 35.9 Å². The van der Waals surface area contributed by atoms with Gasteiger partial charge in [-0.3, -0.25) is 9.63 Å². The molecule has 0 bridgehead atoms. The predicted octanol–water partition coefficient (Wildman–Crippen LogP) is 3.83. The van der Waals surface area contributed by atoms with Gasteiger partial charge in [0.15, 0.2) is 0 Å². The van der Waals surface area contributed by atoms with Crippen LogP contribution in [0.3, 0.4) is 0 Å². The van der Waals surface area contributed by atoms with Gasteiger partial charge < -0.3 is 5.32 Å². The number of hydrogen-bond acceptors (Lipinski definition) is 4. The van der Waals surface area contributed by atoms with Crippen molar-refractivity contribution in [3.8, 4) is 0 Å². The van der Waals surface area contributed by atoms with Crippen molar-refractivity contribution >= 4 is 17.4 Å². The van der Waals surface area contributed by atoms with Crippen LogP contribution >= 0.6 is 0 Å². The summed E-state index contributed by atoms with van der Waals surface area (Å²) < 4.78 is 13.3. The van der Waals surface area contributed by atoms with Gasteiger partial charge in [-0.15, -0.1) is 0 Å². The summed E-state index contributed by atoms with van der Waals surface area (Å²) in [7, 11) is 0. The number of hydrogen-bond donors (Lipinski definition) is 2. The lowest BCUT2D eigenvalue weighted by molar-refractivity contribution is 0.0234. The Morgan fingerprint density at radius 1 is 1.04 bits per heavy atom. The number of nitrogens with one attached hydrogen (secondary N) is 2. The molecule has 1 heterocycles. The van der Waals surface area contributed by atoms with Gasteiger partial charge in [-0.1, -0.05) is 36.4 Å². The third kappa shape index (κ3) is 4.62. The van der Waals surface area contributed by atoms with E-state index in [-0.39, 0.29) is 12.4 Å². The SMILES string of the molecule is O=C(NOCc1ccccc1)c1cccnc1Nc1cccc(F)c1. The van der Waals surface area contributed by atoms with E-state index in [4.69, 9.17) is 4.84 Å². The minimum absolute atomic E-state index is 0.250. The number of carbonyl (C=O) groups excluding carboxylic acids is 1. The zero-order valence-corrected chi connectivity index (χ0v) is 13.3. The van der Waals surface area contributed by atoms with Crippen LogP contribution in [0, 0.1) is 5.82 Å². The first kappa shape index (κ1) is 16.6. The van der Waals surface area contributed by atoms with E-state index in [1.807, 2.05) is 30.3 Å². The highest BCUT2D eigenvalue weighted by atomic mass is 19.1. The fourth-order valence-electron chi connectivity index (χ4n) is 2.21. The molecule has 0 aliphatic carbocycles. The summed E-state index contributed by atoms with van der Waals surface area (Å²) in [6.07, 6.45) is 1.54. The smallest absolute Gasteiger partial charge is 0.278 e. The molecule has 0 atom stereocenters. The lowest BCUT2D eigenvalue weighted by atomic mass is 10.2. The zero-order valence-electron chi connectivity index (χ0n) is 13.3. The molecule has 25 heavy (non-hydrogen) atoms. The van der Waals surface area contributed by atoms with Gasteiger partial charge in [0.25, 0.3) is 5.91 Å². The molecule has 0 unspecified atom stereocenters. The standard InChI is InChI=1S/C19H16FN3O2/c20-15-8-4-9-16(12-15)22-18-17(10-5-11-21-18)19(24)23-25-13-14-6-2-1-3-7-14/h1-12H,13H2,(H,21,22)(H,23,24). The molecule has 1 aromatic heterocycles. The monoisotopic (exact) mass is 337 g/mol. The van der Waals surface area contributed by atoms with Crippen molar-refractivity contribution in [2.75, 3.05) is 5.32 Å². The molecule has 0 aliphatic heterocycles. The van der Waals surface area contributed by atoms with Gasteiger partial charge in [0.2, 0.25) is 0 Å². The lowest BCUT2D eigenvalue weighted by Gasteiger charge is -2.11. The number of pyridine rings is 1. The number of benzene rings is 2. The van der Waals surface area contributed by atoms with E-state index >= 15 is 0 Å². The number of aromatic nitrogens is 1. The molecule has 2 N–H and O–H groups in total. The number of hydroxylamine groups is 1. The van der Waals surface area contributed by atoms with Crippen molar-refractivity contribution in [2.24, 2.45) is 0 Å². The highest BCUT2D eigenvalue weighted by Gasteiger charge is 2.13. The van der Waals surface area contributed by atoms with Crippen LogP contribution in [0.15, 0.2) is 72.9 Å². The third-order valence-corrected chi connectivity index (χ3v) is 3.39. The summed E-state index contributed by atoms with van der Waals surface area (Å²) in [5.74, 6) is -0.505. The summed E-state index contributed by atoms with van der Waals surface area (Å²) in [5.41, 5.74) is 4.12. The molecule has 0 aliphatic rings. The summed E-state index contributed by atoms with van der Waals surface area (Å²) in [6.45, 7) is 0.250. The lowest BCUT2D eigenvalue weighted by Crippen LogP contribution is -2.24. The van der Waals surface area contributed by atoms with Crippen molar-refractivity contribution in [1.29, 1.82) is 0 Å². The second-order valence-corrected chi connectivity index (χ2v) is 5.24. The Hall–Kier alpha value is -3.25. The van der Waals surface area contributed by atoms with E-state index in [0.717, 1.165) is 5.56 Å². The van der Waals surface area contributed by atoms with Gasteiger partial charge in [0.05, 0.1) is 12.2 Å². The summed E-state index contributed by atoms with van der Waals surface area (Å²) >= 11 is 0. The van der Waals surface area contributed by atoms with E-state index in [9.17, 15) is 9.18 Å². The summed E-state index contributed by atoms with van der Waals surface area (Å²) in [5, 5.41) is 2.93. The topological polar surface area (TPSA) is 63.2 Å². The van der Waals surface area contributed by atoms with Gasteiger partial charge in [-0.2, -0.15) is 0 Å². The molecule has 2 aromatic carbocycles. The molecule has 0 saturated heterocycles. The van der Waals surface area contributed by atoms with Crippen LogP contribution < -0.4 is 10.8 Å². The van der Waals surface area contributed by atoms with Gasteiger partial charge in [-0.25, -0.2) is 14.9 Å². The summed E-state index contributed by atoms with van der Waals surface area (Å²) in [4.78, 5) is 21.7. The molecule has 1 amide bonds. The first-order valence-electron chi connectivity index (χ1n) is 7.66. The van der Waals surface area contributed by atoms with E-state index in [2.05, 4.69) is 15.8 Å². The van der Waals surface area contributed by atoms with E-state index in [1.54, 1.807) is 30.5 Å². The van der Waals surface area contributed by atoms with Crippen molar-refractivity contribution in [3.63, 3.8) is 0 Å². The molecule has 6 heteroatoms. The van der Waals surface area contributed by atoms with Crippen molar-refractivity contribution < 1.29 is 14.0 Å². The molecule has 0 spiro atoms. The maximum absolute atomic E-state index is 13.3. The van der Waals surface area contributed by atoms with Crippen LogP contribution in [0.5, 0.6) is 0 Å². The van der Waals surface area contributed by atoms with Gasteiger partial charge in [0.1, 0.15) is 11.6 Å².